The Kier molecular flexibility index (Phi) is 2.48. The van der Waals surface area contributed by atoms with Gasteiger partial charge in [-0.2, -0.15) is 0 Å². The van der Waals surface area contributed by atoms with Gasteiger partial charge in [-0.15, -0.1) is 11.3 Å². The van der Waals surface area contributed by atoms with Crippen LogP contribution in [0.25, 0.3) is 10.6 Å². The number of fused-ring (bicyclic) bond motifs is 1. The molecule has 0 aliphatic carbocycles. The number of hydrogen-bond donors (Lipinski definition) is 1. The van der Waals surface area contributed by atoms with Crippen LogP contribution < -0.4 is 0 Å². The van der Waals surface area contributed by atoms with Gasteiger partial charge in [-0.1, -0.05) is 6.07 Å². The third-order valence-electron chi connectivity index (χ3n) is 3.08. The molecule has 0 amide bonds. The smallest absolute Gasteiger partial charge is 0.314 e. The third-order valence-corrected chi connectivity index (χ3v) is 3.97. The van der Waals surface area contributed by atoms with Gasteiger partial charge in [-0.25, -0.2) is 4.98 Å². The second-order valence-corrected chi connectivity index (χ2v) is 5.14. The van der Waals surface area contributed by atoms with E-state index in [1.807, 2.05) is 28.3 Å². The van der Waals surface area contributed by atoms with Gasteiger partial charge in [0.2, 0.25) is 0 Å². The van der Waals surface area contributed by atoms with Crippen molar-refractivity contribution in [1.82, 2.24) is 9.55 Å². The highest BCUT2D eigenvalue weighted by Gasteiger charge is 2.28. The molecule has 0 aromatic carbocycles. The average molecular weight is 248 g/mol. The van der Waals surface area contributed by atoms with Crippen molar-refractivity contribution in [2.24, 2.45) is 0 Å². The molecular formula is C12H12N2O2S. The summed E-state index contributed by atoms with van der Waals surface area (Å²) in [7, 11) is 0. The topological polar surface area (TPSA) is 55.1 Å². The average Bonchev–Trinajstić information content (AvgIpc) is 2.96. The Morgan fingerprint density at radius 2 is 2.47 bits per heavy atom. The van der Waals surface area contributed by atoms with E-state index in [1.54, 1.807) is 11.3 Å². The lowest BCUT2D eigenvalue weighted by molar-refractivity contribution is -0.139. The van der Waals surface area contributed by atoms with Crippen LogP contribution in [-0.4, -0.2) is 20.6 Å². The summed E-state index contributed by atoms with van der Waals surface area (Å²) in [5, 5.41) is 11.2. The minimum absolute atomic E-state index is 0.447. The molecule has 0 fully saturated rings. The fourth-order valence-electron chi connectivity index (χ4n) is 2.26. The monoisotopic (exact) mass is 248 g/mol. The molecule has 0 bridgehead atoms. The third kappa shape index (κ3) is 1.76. The first kappa shape index (κ1) is 10.5. The Bertz CT molecular complexity index is 545. The molecule has 2 aromatic heterocycles. The van der Waals surface area contributed by atoms with Crippen molar-refractivity contribution in [3.63, 3.8) is 0 Å². The van der Waals surface area contributed by atoms with Gasteiger partial charge < -0.3 is 9.67 Å². The number of aromatic nitrogens is 2. The molecule has 1 aliphatic heterocycles. The summed E-state index contributed by atoms with van der Waals surface area (Å²) < 4.78 is 1.98. The normalized spacial score (nSPS) is 18.9. The Morgan fingerprint density at radius 1 is 1.59 bits per heavy atom. The SMILES string of the molecule is O=C(O)C1CCCn2cc(-c3cccs3)nc21. The number of rotatable bonds is 2. The maximum Gasteiger partial charge on any atom is 0.314 e. The van der Waals surface area contributed by atoms with Crippen LogP contribution in [0.15, 0.2) is 23.7 Å². The van der Waals surface area contributed by atoms with Crippen LogP contribution in [0.5, 0.6) is 0 Å². The largest absolute Gasteiger partial charge is 0.481 e. The van der Waals surface area contributed by atoms with Crippen molar-refractivity contribution in [3.8, 4) is 10.6 Å². The Balaban J connectivity index is 2.04. The van der Waals surface area contributed by atoms with Crippen molar-refractivity contribution >= 4 is 17.3 Å². The van der Waals surface area contributed by atoms with Crippen molar-refractivity contribution in [3.05, 3.63) is 29.5 Å². The van der Waals surface area contributed by atoms with Gasteiger partial charge in [0.25, 0.3) is 0 Å². The fraction of sp³-hybridized carbons (Fsp3) is 0.333. The lowest BCUT2D eigenvalue weighted by Crippen LogP contribution is -2.21. The highest BCUT2D eigenvalue weighted by atomic mass is 32.1. The molecule has 3 heterocycles. The van der Waals surface area contributed by atoms with E-state index >= 15 is 0 Å². The molecule has 4 nitrogen and oxygen atoms in total. The summed E-state index contributed by atoms with van der Waals surface area (Å²) >= 11 is 1.63. The molecule has 3 rings (SSSR count). The molecule has 0 spiro atoms. The quantitative estimate of drug-likeness (QED) is 0.888. The molecule has 0 saturated heterocycles. The predicted octanol–water partition coefficient (Wildman–Crippen LogP) is 2.57. The lowest BCUT2D eigenvalue weighted by atomic mass is 9.99. The van der Waals surface area contributed by atoms with Gasteiger partial charge in [-0.3, -0.25) is 4.79 Å². The van der Waals surface area contributed by atoms with E-state index in [2.05, 4.69) is 4.98 Å². The van der Waals surface area contributed by atoms with Gasteiger partial charge in [0.05, 0.1) is 10.6 Å². The van der Waals surface area contributed by atoms with Gasteiger partial charge >= 0.3 is 5.97 Å². The maximum atomic E-state index is 11.2. The molecule has 17 heavy (non-hydrogen) atoms. The number of imidazole rings is 1. The molecular weight excluding hydrogens is 236 g/mol. The minimum atomic E-state index is -0.769. The Labute approximate surface area is 103 Å². The van der Waals surface area contributed by atoms with Crippen molar-refractivity contribution in [1.29, 1.82) is 0 Å². The van der Waals surface area contributed by atoms with E-state index in [0.29, 0.717) is 12.2 Å². The number of hydrogen-bond acceptors (Lipinski definition) is 3. The molecule has 88 valence electrons. The van der Waals surface area contributed by atoms with Crippen LogP contribution in [0, 0.1) is 0 Å². The van der Waals surface area contributed by atoms with E-state index in [0.717, 1.165) is 23.5 Å². The Morgan fingerprint density at radius 3 is 3.18 bits per heavy atom. The number of carboxylic acid groups (broad SMARTS) is 1. The van der Waals surface area contributed by atoms with E-state index in [9.17, 15) is 9.90 Å². The summed E-state index contributed by atoms with van der Waals surface area (Å²) in [5.41, 5.74) is 0.892. The minimum Gasteiger partial charge on any atom is -0.481 e. The van der Waals surface area contributed by atoms with E-state index in [4.69, 9.17) is 0 Å². The number of carbonyl (C=O) groups is 1. The van der Waals surface area contributed by atoms with Gasteiger partial charge in [0, 0.05) is 12.7 Å². The molecule has 2 aromatic rings. The van der Waals surface area contributed by atoms with Crippen LogP contribution >= 0.6 is 11.3 Å². The first-order valence-electron chi connectivity index (χ1n) is 5.59. The fourth-order valence-corrected chi connectivity index (χ4v) is 2.94. The molecule has 1 aliphatic rings. The van der Waals surface area contributed by atoms with Crippen molar-refractivity contribution < 1.29 is 9.90 Å². The number of aryl methyl sites for hydroxylation is 1. The summed E-state index contributed by atoms with van der Waals surface area (Å²) in [6, 6.07) is 3.99. The second kappa shape index (κ2) is 4.00. The second-order valence-electron chi connectivity index (χ2n) is 4.19. The van der Waals surface area contributed by atoms with E-state index in [1.165, 1.54) is 0 Å². The molecule has 0 saturated carbocycles. The van der Waals surface area contributed by atoms with Gasteiger partial charge in [0.15, 0.2) is 0 Å². The zero-order chi connectivity index (χ0) is 11.8. The highest BCUT2D eigenvalue weighted by Crippen LogP contribution is 2.31. The van der Waals surface area contributed by atoms with Crippen LogP contribution in [-0.2, 0) is 11.3 Å². The highest BCUT2D eigenvalue weighted by molar-refractivity contribution is 7.13. The summed E-state index contributed by atoms with van der Waals surface area (Å²) in [6.07, 6.45) is 3.57. The summed E-state index contributed by atoms with van der Waals surface area (Å²) in [5.74, 6) is -0.515. The van der Waals surface area contributed by atoms with Crippen LogP contribution in [0.3, 0.4) is 0 Å². The number of thiophene rings is 1. The van der Waals surface area contributed by atoms with Crippen LogP contribution in [0.4, 0.5) is 0 Å². The van der Waals surface area contributed by atoms with Gasteiger partial charge in [-0.05, 0) is 24.3 Å². The zero-order valence-electron chi connectivity index (χ0n) is 9.17. The van der Waals surface area contributed by atoms with Gasteiger partial charge in [0.1, 0.15) is 11.7 Å². The van der Waals surface area contributed by atoms with Crippen LogP contribution in [0.2, 0.25) is 0 Å². The summed E-state index contributed by atoms with van der Waals surface area (Å²) in [4.78, 5) is 16.7. The predicted molar refractivity (Wildman–Crippen MR) is 65.2 cm³/mol. The van der Waals surface area contributed by atoms with Crippen LogP contribution in [0.1, 0.15) is 24.6 Å². The molecule has 0 radical (unpaired) electrons. The van der Waals surface area contributed by atoms with Crippen molar-refractivity contribution in [2.75, 3.05) is 0 Å². The number of carboxylic acids is 1. The first-order chi connectivity index (χ1) is 8.25. The van der Waals surface area contributed by atoms with E-state index < -0.39 is 11.9 Å². The molecule has 1 unspecified atom stereocenters. The molecule has 1 atom stereocenters. The Hall–Kier alpha value is -1.62. The molecule has 1 N–H and O–H groups in total. The summed E-state index contributed by atoms with van der Waals surface area (Å²) in [6.45, 7) is 0.873. The number of nitrogens with zero attached hydrogens (tertiary/aromatic N) is 2. The zero-order valence-corrected chi connectivity index (χ0v) is 9.98. The van der Waals surface area contributed by atoms with E-state index in [-0.39, 0.29) is 0 Å². The molecule has 5 heteroatoms. The lowest BCUT2D eigenvalue weighted by Gasteiger charge is -2.19. The van der Waals surface area contributed by atoms with Crippen molar-refractivity contribution in [2.45, 2.75) is 25.3 Å². The number of aliphatic carboxylic acids is 1. The maximum absolute atomic E-state index is 11.2. The standard InChI is InChI=1S/C12H12N2O2S/c15-12(16)8-3-1-5-14-7-9(13-11(8)14)10-4-2-6-17-10/h2,4,6-8H,1,3,5H2,(H,15,16). The first-order valence-corrected chi connectivity index (χ1v) is 6.47.